The summed E-state index contributed by atoms with van der Waals surface area (Å²) in [5.41, 5.74) is 3.99. The topological polar surface area (TPSA) is 55.6 Å². The summed E-state index contributed by atoms with van der Waals surface area (Å²) in [7, 11) is 3.85. The van der Waals surface area contributed by atoms with Crippen LogP contribution in [-0.4, -0.2) is 26.8 Å². The zero-order chi connectivity index (χ0) is 13.4. The summed E-state index contributed by atoms with van der Waals surface area (Å²) in [6.45, 7) is 2.00. The number of imidazole rings is 1. The Kier molecular flexibility index (Phi) is 2.67. The van der Waals surface area contributed by atoms with Crippen molar-refractivity contribution in [3.05, 3.63) is 36.2 Å². The van der Waals surface area contributed by atoms with Crippen LogP contribution in [-0.2, 0) is 7.05 Å². The van der Waals surface area contributed by atoms with Crippen molar-refractivity contribution in [1.29, 1.82) is 0 Å². The molecule has 0 unspecified atom stereocenters. The van der Waals surface area contributed by atoms with Crippen molar-refractivity contribution >= 4 is 16.9 Å². The van der Waals surface area contributed by atoms with Crippen LogP contribution in [0.25, 0.3) is 22.3 Å². The van der Waals surface area contributed by atoms with Gasteiger partial charge < -0.3 is 9.88 Å². The Bertz CT molecular complexity index is 727. The molecule has 0 aliphatic rings. The molecule has 0 bridgehead atoms. The first-order chi connectivity index (χ1) is 9.19. The molecule has 0 spiro atoms. The van der Waals surface area contributed by atoms with Crippen LogP contribution in [0.3, 0.4) is 0 Å². The molecule has 0 radical (unpaired) electrons. The molecule has 0 saturated heterocycles. The van der Waals surface area contributed by atoms with E-state index in [0.29, 0.717) is 0 Å². The standard InChI is InChI=1S/C14H15N5/c1-9-16-12-8-10(4-6-13(12)19(9)3)11-5-7-14(15-2)18-17-11/h4-8H,1-3H3,(H,15,18). The number of anilines is 1. The van der Waals surface area contributed by atoms with Gasteiger partial charge in [0.2, 0.25) is 0 Å². The highest BCUT2D eigenvalue weighted by atomic mass is 15.2. The van der Waals surface area contributed by atoms with Gasteiger partial charge in [-0.3, -0.25) is 0 Å². The minimum atomic E-state index is 0.763. The van der Waals surface area contributed by atoms with Crippen LogP contribution >= 0.6 is 0 Å². The van der Waals surface area contributed by atoms with E-state index in [9.17, 15) is 0 Å². The number of hydrogen-bond acceptors (Lipinski definition) is 4. The lowest BCUT2D eigenvalue weighted by Crippen LogP contribution is -1.95. The van der Waals surface area contributed by atoms with Crippen LogP contribution < -0.4 is 5.32 Å². The number of nitrogens with one attached hydrogen (secondary N) is 1. The zero-order valence-corrected chi connectivity index (χ0v) is 11.2. The molecule has 0 fully saturated rings. The molecule has 96 valence electrons. The van der Waals surface area contributed by atoms with E-state index < -0.39 is 0 Å². The van der Waals surface area contributed by atoms with Gasteiger partial charge in [0.05, 0.1) is 16.7 Å². The third-order valence-electron chi connectivity index (χ3n) is 3.32. The second-order valence-electron chi connectivity index (χ2n) is 4.48. The number of benzene rings is 1. The molecule has 0 atom stereocenters. The lowest BCUT2D eigenvalue weighted by Gasteiger charge is -2.02. The maximum Gasteiger partial charge on any atom is 0.148 e. The van der Waals surface area contributed by atoms with Gasteiger partial charge in [0, 0.05) is 19.7 Å². The van der Waals surface area contributed by atoms with Crippen LogP contribution in [0.2, 0.25) is 0 Å². The van der Waals surface area contributed by atoms with Crippen LogP contribution in [0.4, 0.5) is 5.82 Å². The fourth-order valence-corrected chi connectivity index (χ4v) is 2.10. The quantitative estimate of drug-likeness (QED) is 0.762. The van der Waals surface area contributed by atoms with Gasteiger partial charge in [0.1, 0.15) is 11.6 Å². The Labute approximate surface area is 111 Å². The maximum absolute atomic E-state index is 4.54. The van der Waals surface area contributed by atoms with E-state index >= 15 is 0 Å². The number of hydrogen-bond donors (Lipinski definition) is 1. The molecule has 3 aromatic rings. The van der Waals surface area contributed by atoms with Crippen molar-refractivity contribution in [2.24, 2.45) is 7.05 Å². The predicted octanol–water partition coefficient (Wildman–Crippen LogP) is 2.38. The van der Waals surface area contributed by atoms with Crippen molar-refractivity contribution < 1.29 is 0 Å². The lowest BCUT2D eigenvalue weighted by molar-refractivity contribution is 0.886. The average Bonchev–Trinajstić information content (AvgIpc) is 2.74. The molecule has 5 nitrogen and oxygen atoms in total. The molecule has 19 heavy (non-hydrogen) atoms. The van der Waals surface area contributed by atoms with E-state index in [1.54, 1.807) is 0 Å². The Morgan fingerprint density at radius 1 is 1.11 bits per heavy atom. The van der Waals surface area contributed by atoms with Gasteiger partial charge in [-0.2, -0.15) is 0 Å². The van der Waals surface area contributed by atoms with Gasteiger partial charge in [-0.1, -0.05) is 6.07 Å². The molecule has 5 heteroatoms. The Hall–Kier alpha value is -2.43. The van der Waals surface area contributed by atoms with Gasteiger partial charge in [-0.15, -0.1) is 10.2 Å². The molecule has 1 aromatic carbocycles. The molecule has 0 amide bonds. The Morgan fingerprint density at radius 3 is 2.63 bits per heavy atom. The molecular formula is C14H15N5. The second kappa shape index (κ2) is 4.35. The van der Waals surface area contributed by atoms with Crippen molar-refractivity contribution in [3.63, 3.8) is 0 Å². The molecule has 1 N–H and O–H groups in total. The van der Waals surface area contributed by atoms with E-state index in [4.69, 9.17) is 0 Å². The largest absolute Gasteiger partial charge is 0.372 e. The molecule has 2 heterocycles. The van der Waals surface area contributed by atoms with E-state index in [0.717, 1.165) is 33.9 Å². The molecule has 3 rings (SSSR count). The minimum absolute atomic E-state index is 0.763. The summed E-state index contributed by atoms with van der Waals surface area (Å²) < 4.78 is 2.08. The van der Waals surface area contributed by atoms with Crippen LogP contribution in [0.1, 0.15) is 5.82 Å². The van der Waals surface area contributed by atoms with E-state index in [1.165, 1.54) is 0 Å². The van der Waals surface area contributed by atoms with E-state index in [-0.39, 0.29) is 0 Å². The van der Waals surface area contributed by atoms with Crippen molar-refractivity contribution in [2.75, 3.05) is 12.4 Å². The summed E-state index contributed by atoms with van der Waals surface area (Å²) in [5, 5.41) is 11.3. The highest BCUT2D eigenvalue weighted by molar-refractivity contribution is 5.81. The smallest absolute Gasteiger partial charge is 0.148 e. The van der Waals surface area contributed by atoms with Crippen molar-refractivity contribution in [3.8, 4) is 11.3 Å². The third-order valence-corrected chi connectivity index (χ3v) is 3.32. The molecule has 0 aliphatic heterocycles. The summed E-state index contributed by atoms with van der Waals surface area (Å²) in [4.78, 5) is 4.54. The maximum atomic E-state index is 4.54. The SMILES string of the molecule is CNc1ccc(-c2ccc3c(c2)nc(C)n3C)nn1. The Balaban J connectivity index is 2.09. The number of rotatable bonds is 2. The first-order valence-corrected chi connectivity index (χ1v) is 6.14. The predicted molar refractivity (Wildman–Crippen MR) is 76.0 cm³/mol. The Morgan fingerprint density at radius 2 is 1.95 bits per heavy atom. The highest BCUT2D eigenvalue weighted by Gasteiger charge is 2.07. The first kappa shape index (κ1) is 11.6. The average molecular weight is 253 g/mol. The molecule has 0 aliphatic carbocycles. The lowest BCUT2D eigenvalue weighted by atomic mass is 10.1. The monoisotopic (exact) mass is 253 g/mol. The number of nitrogens with zero attached hydrogens (tertiary/aromatic N) is 4. The number of aromatic nitrogens is 4. The first-order valence-electron chi connectivity index (χ1n) is 6.14. The van der Waals surface area contributed by atoms with Crippen molar-refractivity contribution in [1.82, 2.24) is 19.7 Å². The number of aryl methyl sites for hydroxylation is 2. The second-order valence-corrected chi connectivity index (χ2v) is 4.48. The summed E-state index contributed by atoms with van der Waals surface area (Å²) in [5.74, 6) is 1.77. The highest BCUT2D eigenvalue weighted by Crippen LogP contribution is 2.23. The van der Waals surface area contributed by atoms with E-state index in [1.807, 2.05) is 45.3 Å². The van der Waals surface area contributed by atoms with Gasteiger partial charge >= 0.3 is 0 Å². The summed E-state index contributed by atoms with van der Waals surface area (Å²) in [6.07, 6.45) is 0. The van der Waals surface area contributed by atoms with Crippen LogP contribution in [0.15, 0.2) is 30.3 Å². The van der Waals surface area contributed by atoms with Crippen LogP contribution in [0, 0.1) is 6.92 Å². The van der Waals surface area contributed by atoms with Crippen molar-refractivity contribution in [2.45, 2.75) is 6.92 Å². The normalized spacial score (nSPS) is 10.9. The van der Waals surface area contributed by atoms with E-state index in [2.05, 4.69) is 31.1 Å². The number of fused-ring (bicyclic) bond motifs is 1. The summed E-state index contributed by atoms with van der Waals surface area (Å²) in [6, 6.07) is 10.0. The summed E-state index contributed by atoms with van der Waals surface area (Å²) >= 11 is 0. The fourth-order valence-electron chi connectivity index (χ4n) is 2.10. The third kappa shape index (κ3) is 1.93. The zero-order valence-electron chi connectivity index (χ0n) is 11.2. The van der Waals surface area contributed by atoms with Gasteiger partial charge in [0.15, 0.2) is 0 Å². The molecular weight excluding hydrogens is 238 g/mol. The van der Waals surface area contributed by atoms with Crippen LogP contribution in [0.5, 0.6) is 0 Å². The van der Waals surface area contributed by atoms with Gasteiger partial charge in [-0.25, -0.2) is 4.98 Å². The minimum Gasteiger partial charge on any atom is -0.372 e. The molecule has 2 aromatic heterocycles. The molecule has 0 saturated carbocycles. The van der Waals surface area contributed by atoms with Gasteiger partial charge in [-0.05, 0) is 31.2 Å². The fraction of sp³-hybridized carbons (Fsp3) is 0.214. The van der Waals surface area contributed by atoms with Gasteiger partial charge in [0.25, 0.3) is 0 Å².